The van der Waals surface area contributed by atoms with Crippen LogP contribution < -0.4 is 5.32 Å². The van der Waals surface area contributed by atoms with Gasteiger partial charge in [-0.15, -0.1) is 0 Å². The number of halogens is 3. The number of amides is 1. The fraction of sp³-hybridized carbons (Fsp3) is 0.381. The Morgan fingerprint density at radius 1 is 0.926 bits per heavy atom. The van der Waals surface area contributed by atoms with Gasteiger partial charge in [0.1, 0.15) is 0 Å². The molecule has 0 aliphatic heterocycles. The number of nitrogens with one attached hydrogen (secondary N) is 1. The van der Waals surface area contributed by atoms with Crippen LogP contribution in [0.4, 0.5) is 13.2 Å². The van der Waals surface area contributed by atoms with Crippen LogP contribution in [0.25, 0.3) is 0 Å². The molecule has 2 aromatic carbocycles. The van der Waals surface area contributed by atoms with E-state index in [-0.39, 0.29) is 18.5 Å². The predicted octanol–water partition coefficient (Wildman–Crippen LogP) is 4.14. The van der Waals surface area contributed by atoms with Crippen molar-refractivity contribution < 1.29 is 18.0 Å². The highest BCUT2D eigenvalue weighted by Crippen LogP contribution is 2.41. The van der Waals surface area contributed by atoms with Crippen LogP contribution in [0.5, 0.6) is 0 Å². The van der Waals surface area contributed by atoms with Gasteiger partial charge in [-0.05, 0) is 24.2 Å². The van der Waals surface area contributed by atoms with E-state index in [1.807, 2.05) is 13.8 Å². The van der Waals surface area contributed by atoms with Crippen molar-refractivity contribution in [3.63, 3.8) is 0 Å². The lowest BCUT2D eigenvalue weighted by Gasteiger charge is -2.38. The predicted molar refractivity (Wildman–Crippen MR) is 100 cm³/mol. The molecule has 0 spiro atoms. The molecule has 1 amide bonds. The van der Waals surface area contributed by atoms with Crippen molar-refractivity contribution in [1.29, 1.82) is 0 Å². The molecule has 0 heterocycles. The van der Waals surface area contributed by atoms with Crippen molar-refractivity contribution in [2.24, 2.45) is 0 Å². The summed E-state index contributed by atoms with van der Waals surface area (Å²) in [5, 5.41) is 2.33. The molecule has 6 heteroatoms. The Bertz CT molecular complexity index is 715. The first-order valence-electron chi connectivity index (χ1n) is 9.02. The van der Waals surface area contributed by atoms with Crippen molar-refractivity contribution in [1.82, 2.24) is 10.2 Å². The molecule has 2 rings (SSSR count). The third-order valence-electron chi connectivity index (χ3n) is 4.68. The first kappa shape index (κ1) is 21.0. The maximum absolute atomic E-state index is 14.4. The summed E-state index contributed by atoms with van der Waals surface area (Å²) >= 11 is 0. The molecule has 0 bridgehead atoms. The number of nitrogens with zero attached hydrogens (tertiary/aromatic N) is 1. The lowest BCUT2D eigenvalue weighted by atomic mass is 9.82. The summed E-state index contributed by atoms with van der Waals surface area (Å²) in [4.78, 5) is 14.3. The fourth-order valence-electron chi connectivity index (χ4n) is 3.11. The van der Waals surface area contributed by atoms with Crippen LogP contribution in [0, 0.1) is 0 Å². The second kappa shape index (κ2) is 9.04. The summed E-state index contributed by atoms with van der Waals surface area (Å²) in [7, 11) is 0. The van der Waals surface area contributed by atoms with Gasteiger partial charge < -0.3 is 5.32 Å². The normalized spacial score (nSPS) is 14.0. The monoisotopic (exact) mass is 378 g/mol. The summed E-state index contributed by atoms with van der Waals surface area (Å²) in [6.07, 6.45) is -5.03. The van der Waals surface area contributed by atoms with Crippen molar-refractivity contribution >= 4 is 5.91 Å². The smallest absolute Gasteiger partial charge is 0.337 e. The van der Waals surface area contributed by atoms with Crippen LogP contribution in [0.2, 0.25) is 0 Å². The Labute approximate surface area is 158 Å². The molecular formula is C21H25F3N2O. The second-order valence-corrected chi connectivity index (χ2v) is 6.44. The first-order chi connectivity index (χ1) is 12.8. The topological polar surface area (TPSA) is 32.3 Å². The number of alkyl halides is 3. The Morgan fingerprint density at radius 3 is 1.93 bits per heavy atom. The van der Waals surface area contributed by atoms with E-state index >= 15 is 0 Å². The van der Waals surface area contributed by atoms with Gasteiger partial charge in [-0.2, -0.15) is 13.2 Å². The molecule has 27 heavy (non-hydrogen) atoms. The summed E-state index contributed by atoms with van der Waals surface area (Å²) in [5.41, 5.74) is -1.96. The van der Waals surface area contributed by atoms with Crippen LogP contribution in [-0.4, -0.2) is 36.6 Å². The third kappa shape index (κ3) is 5.10. The van der Waals surface area contributed by atoms with Gasteiger partial charge in [0, 0.05) is 6.42 Å². The summed E-state index contributed by atoms with van der Waals surface area (Å²) in [5.74, 6) is -0.643. The van der Waals surface area contributed by atoms with E-state index in [4.69, 9.17) is 0 Å². The van der Waals surface area contributed by atoms with E-state index in [1.165, 1.54) is 12.1 Å². The molecule has 1 unspecified atom stereocenters. The van der Waals surface area contributed by atoms with E-state index in [0.717, 1.165) is 0 Å². The number of hydrogen-bond donors (Lipinski definition) is 1. The maximum atomic E-state index is 14.4. The summed E-state index contributed by atoms with van der Waals surface area (Å²) in [6, 6.07) is 16.0. The number of likely N-dealkylation sites (N-methyl/N-ethyl adjacent to an activating group) is 1. The van der Waals surface area contributed by atoms with Gasteiger partial charge in [-0.1, -0.05) is 74.5 Å². The van der Waals surface area contributed by atoms with Crippen molar-refractivity contribution in [3.8, 4) is 0 Å². The van der Waals surface area contributed by atoms with E-state index < -0.39 is 17.6 Å². The number of benzene rings is 2. The summed E-state index contributed by atoms with van der Waals surface area (Å²) in [6.45, 7) is 4.84. The number of rotatable bonds is 8. The van der Waals surface area contributed by atoms with Crippen LogP contribution in [0.3, 0.4) is 0 Å². The van der Waals surface area contributed by atoms with Gasteiger partial charge in [-0.25, -0.2) is 0 Å². The zero-order chi connectivity index (χ0) is 19.9. The molecule has 0 saturated heterocycles. The average molecular weight is 378 g/mol. The molecule has 0 aliphatic rings. The Balaban J connectivity index is 2.46. The third-order valence-corrected chi connectivity index (χ3v) is 4.68. The maximum Gasteiger partial charge on any atom is 0.416 e. The van der Waals surface area contributed by atoms with Crippen molar-refractivity contribution in [3.05, 3.63) is 71.8 Å². The lowest BCUT2D eigenvalue weighted by molar-refractivity contribution is -0.203. The molecule has 0 radical (unpaired) electrons. The average Bonchev–Trinajstić information content (AvgIpc) is 2.66. The van der Waals surface area contributed by atoms with Crippen LogP contribution >= 0.6 is 0 Å². The highest BCUT2D eigenvalue weighted by atomic mass is 19.4. The minimum atomic E-state index is -4.66. The van der Waals surface area contributed by atoms with Gasteiger partial charge in [-0.3, -0.25) is 9.69 Å². The molecule has 0 fully saturated rings. The number of carbonyl (C=O) groups excluding carboxylic acids is 1. The van der Waals surface area contributed by atoms with E-state index in [0.29, 0.717) is 18.7 Å². The van der Waals surface area contributed by atoms with Crippen molar-refractivity contribution in [2.45, 2.75) is 32.0 Å². The van der Waals surface area contributed by atoms with E-state index in [9.17, 15) is 18.0 Å². The van der Waals surface area contributed by atoms with Gasteiger partial charge >= 0.3 is 6.18 Å². The minimum Gasteiger partial charge on any atom is -0.337 e. The zero-order valence-electron chi connectivity index (χ0n) is 15.6. The van der Waals surface area contributed by atoms with Gasteiger partial charge in [0.2, 0.25) is 5.91 Å². The number of hydrogen-bond acceptors (Lipinski definition) is 2. The van der Waals surface area contributed by atoms with Crippen LogP contribution in [0.15, 0.2) is 60.7 Å². The highest BCUT2D eigenvalue weighted by molar-refractivity contribution is 5.79. The Hall–Kier alpha value is -2.34. The SMILES string of the molecule is CCN(CC)CC(=O)NC(Cc1ccccc1)(c1ccccc1)C(F)(F)F. The zero-order valence-corrected chi connectivity index (χ0v) is 15.6. The molecule has 0 aliphatic carbocycles. The number of carbonyl (C=O) groups is 1. The fourth-order valence-corrected chi connectivity index (χ4v) is 3.11. The van der Waals surface area contributed by atoms with Gasteiger partial charge in [0.05, 0.1) is 6.54 Å². The highest BCUT2D eigenvalue weighted by Gasteiger charge is 2.56. The Kier molecular flexibility index (Phi) is 7.02. The largest absolute Gasteiger partial charge is 0.416 e. The van der Waals surface area contributed by atoms with Crippen LogP contribution in [0.1, 0.15) is 25.0 Å². The standard InChI is InChI=1S/C21H25F3N2O/c1-3-26(4-2)16-19(27)25-20(21(22,23)24,18-13-9-6-10-14-18)15-17-11-7-5-8-12-17/h5-14H,3-4,15-16H2,1-2H3,(H,25,27). The molecular weight excluding hydrogens is 353 g/mol. The second-order valence-electron chi connectivity index (χ2n) is 6.44. The molecule has 146 valence electrons. The Morgan fingerprint density at radius 2 is 1.44 bits per heavy atom. The van der Waals surface area contributed by atoms with E-state index in [2.05, 4.69) is 5.32 Å². The molecule has 1 atom stereocenters. The van der Waals surface area contributed by atoms with Crippen molar-refractivity contribution in [2.75, 3.05) is 19.6 Å². The van der Waals surface area contributed by atoms with Gasteiger partial charge in [0.25, 0.3) is 0 Å². The summed E-state index contributed by atoms with van der Waals surface area (Å²) < 4.78 is 43.1. The molecule has 0 saturated carbocycles. The lowest BCUT2D eigenvalue weighted by Crippen LogP contribution is -2.59. The molecule has 3 nitrogen and oxygen atoms in total. The minimum absolute atomic E-state index is 0.0225. The molecule has 2 aromatic rings. The first-order valence-corrected chi connectivity index (χ1v) is 9.02. The van der Waals surface area contributed by atoms with E-state index in [1.54, 1.807) is 53.4 Å². The quantitative estimate of drug-likeness (QED) is 0.749. The molecule has 1 N–H and O–H groups in total. The molecule has 0 aromatic heterocycles. The van der Waals surface area contributed by atoms with Gasteiger partial charge in [0.15, 0.2) is 5.54 Å². The van der Waals surface area contributed by atoms with Crippen LogP contribution in [-0.2, 0) is 16.8 Å².